The van der Waals surface area contributed by atoms with Crippen molar-refractivity contribution in [2.45, 2.75) is 25.9 Å². The molecular weight excluding hydrogens is 521 g/mol. The molecule has 1 fully saturated rings. The number of nitrogens with zero attached hydrogens (tertiary/aromatic N) is 1. The van der Waals surface area contributed by atoms with E-state index in [1.54, 1.807) is 0 Å². The fraction of sp³-hybridized carbons (Fsp3) is 0.148. The fourth-order valence-electron chi connectivity index (χ4n) is 4.29. The Labute approximate surface area is 223 Å². The highest BCUT2D eigenvalue weighted by Gasteiger charge is 2.28. The third-order valence-corrected chi connectivity index (χ3v) is 8.09. The number of aromatic nitrogens is 1. The zero-order chi connectivity index (χ0) is 24.7. The number of hydrogen-bond acceptors (Lipinski definition) is 3. The molecule has 1 unspecified atom stereocenters. The molecule has 0 radical (unpaired) electrons. The van der Waals surface area contributed by atoms with Crippen molar-refractivity contribution in [3.8, 4) is 0 Å². The number of carbonyl (C=O) groups is 1. The van der Waals surface area contributed by atoms with Gasteiger partial charge in [-0.05, 0) is 67.4 Å². The summed E-state index contributed by atoms with van der Waals surface area (Å²) in [5.41, 5.74) is 5.94. The molecule has 3 aromatic carbocycles. The number of halogens is 3. The summed E-state index contributed by atoms with van der Waals surface area (Å²) in [5, 5.41) is 9.26. The van der Waals surface area contributed by atoms with Crippen LogP contribution in [0.3, 0.4) is 0 Å². The molecular formula is C27H22Cl3N3OS. The van der Waals surface area contributed by atoms with Gasteiger partial charge in [-0.1, -0.05) is 70.8 Å². The molecule has 0 spiro atoms. The second-order valence-corrected chi connectivity index (χ2v) is 10.8. The highest BCUT2D eigenvalue weighted by molar-refractivity contribution is 8.05. The third-order valence-electron chi connectivity index (χ3n) is 6.09. The number of anilines is 1. The van der Waals surface area contributed by atoms with E-state index >= 15 is 0 Å². The SMILES string of the molecule is Cc1cc(Cl)ccc1NC1NC(=O)/C(=C/c2c(C)n(Cc3ccc(Cl)c(Cl)c3)c3ccccc23)S1. The Morgan fingerprint density at radius 1 is 1.03 bits per heavy atom. The predicted octanol–water partition coefficient (Wildman–Crippen LogP) is 7.87. The van der Waals surface area contributed by atoms with Crippen molar-refractivity contribution in [3.05, 3.63) is 103 Å². The Morgan fingerprint density at radius 3 is 2.60 bits per heavy atom. The van der Waals surface area contributed by atoms with Crippen molar-refractivity contribution in [1.29, 1.82) is 0 Å². The topological polar surface area (TPSA) is 46.1 Å². The first-order valence-corrected chi connectivity index (χ1v) is 13.0. The van der Waals surface area contributed by atoms with Gasteiger partial charge >= 0.3 is 0 Å². The minimum Gasteiger partial charge on any atom is -0.356 e. The van der Waals surface area contributed by atoms with Crippen LogP contribution in [-0.4, -0.2) is 16.0 Å². The largest absolute Gasteiger partial charge is 0.356 e. The first-order valence-electron chi connectivity index (χ1n) is 11.0. The van der Waals surface area contributed by atoms with Crippen LogP contribution in [0.5, 0.6) is 0 Å². The second kappa shape index (κ2) is 9.82. The Kier molecular flexibility index (Phi) is 6.78. The van der Waals surface area contributed by atoms with Crippen molar-refractivity contribution in [1.82, 2.24) is 9.88 Å². The lowest BCUT2D eigenvalue weighted by Gasteiger charge is -2.15. The molecule has 8 heteroatoms. The van der Waals surface area contributed by atoms with Gasteiger partial charge in [-0.25, -0.2) is 0 Å². The number of hydrogen-bond donors (Lipinski definition) is 2. The minimum absolute atomic E-state index is 0.0974. The van der Waals surface area contributed by atoms with E-state index in [9.17, 15) is 4.79 Å². The van der Waals surface area contributed by atoms with E-state index in [0.717, 1.165) is 39.0 Å². The highest BCUT2D eigenvalue weighted by Crippen LogP contribution is 2.35. The maximum atomic E-state index is 12.8. The summed E-state index contributed by atoms with van der Waals surface area (Å²) in [6, 6.07) is 19.6. The van der Waals surface area contributed by atoms with Crippen molar-refractivity contribution >= 4 is 75.1 Å². The Morgan fingerprint density at radius 2 is 1.83 bits per heavy atom. The lowest BCUT2D eigenvalue weighted by molar-refractivity contribution is -0.116. The molecule has 0 bridgehead atoms. The van der Waals surface area contributed by atoms with E-state index in [1.165, 1.54) is 11.8 Å². The number of rotatable bonds is 5. The van der Waals surface area contributed by atoms with E-state index in [0.29, 0.717) is 26.5 Å². The van der Waals surface area contributed by atoms with Gasteiger partial charge < -0.3 is 15.2 Å². The van der Waals surface area contributed by atoms with E-state index in [4.69, 9.17) is 34.8 Å². The Hall–Kier alpha value is -2.57. The van der Waals surface area contributed by atoms with Crippen molar-refractivity contribution in [2.75, 3.05) is 5.32 Å². The molecule has 1 atom stereocenters. The molecule has 35 heavy (non-hydrogen) atoms. The summed E-state index contributed by atoms with van der Waals surface area (Å²) in [6.07, 6.45) is 1.99. The number of para-hydroxylation sites is 1. The van der Waals surface area contributed by atoms with Gasteiger partial charge in [-0.2, -0.15) is 0 Å². The Bertz CT molecular complexity index is 1490. The monoisotopic (exact) mass is 541 g/mol. The van der Waals surface area contributed by atoms with Gasteiger partial charge in [-0.15, -0.1) is 0 Å². The third kappa shape index (κ3) is 4.91. The van der Waals surface area contributed by atoms with E-state index in [1.807, 2.05) is 61.5 Å². The first kappa shape index (κ1) is 24.1. The standard InChI is InChI=1S/C27H22Cl3N3OS/c1-15-11-18(28)8-10-23(15)31-27-32-26(34)25(35-27)13-20-16(2)33(24-6-4-3-5-19(20)24)14-17-7-9-21(29)22(30)12-17/h3-13,27,31H,14H2,1-2H3,(H,32,34)/b25-13-. The molecule has 1 aromatic heterocycles. The summed E-state index contributed by atoms with van der Waals surface area (Å²) < 4.78 is 2.24. The van der Waals surface area contributed by atoms with Crippen LogP contribution in [0.1, 0.15) is 22.4 Å². The van der Waals surface area contributed by atoms with Crippen LogP contribution < -0.4 is 10.6 Å². The normalized spacial score (nSPS) is 16.8. The van der Waals surface area contributed by atoms with Crippen LogP contribution in [0.25, 0.3) is 17.0 Å². The molecule has 1 aliphatic rings. The molecule has 1 saturated heterocycles. The number of fused-ring (bicyclic) bond motifs is 1. The average molecular weight is 543 g/mol. The lowest BCUT2D eigenvalue weighted by atomic mass is 10.1. The number of benzene rings is 3. The molecule has 0 saturated carbocycles. The maximum Gasteiger partial charge on any atom is 0.260 e. The van der Waals surface area contributed by atoms with Crippen LogP contribution in [0.15, 0.2) is 65.6 Å². The van der Waals surface area contributed by atoms with Gasteiger partial charge in [0.15, 0.2) is 5.50 Å². The van der Waals surface area contributed by atoms with Gasteiger partial charge in [0, 0.05) is 39.4 Å². The zero-order valence-electron chi connectivity index (χ0n) is 19.0. The van der Waals surface area contributed by atoms with Gasteiger partial charge in [0.1, 0.15) is 0 Å². The summed E-state index contributed by atoms with van der Waals surface area (Å²) in [5.74, 6) is -0.0974. The van der Waals surface area contributed by atoms with Crippen LogP contribution in [0.2, 0.25) is 15.1 Å². The molecule has 1 amide bonds. The molecule has 4 aromatic rings. The molecule has 0 aliphatic carbocycles. The smallest absolute Gasteiger partial charge is 0.260 e. The van der Waals surface area contributed by atoms with Crippen LogP contribution in [0.4, 0.5) is 5.69 Å². The maximum absolute atomic E-state index is 12.8. The first-order chi connectivity index (χ1) is 16.8. The number of thioether (sulfide) groups is 1. The van der Waals surface area contributed by atoms with Gasteiger partial charge in [-0.3, -0.25) is 4.79 Å². The van der Waals surface area contributed by atoms with Gasteiger partial charge in [0.25, 0.3) is 5.91 Å². The van der Waals surface area contributed by atoms with Crippen LogP contribution in [0, 0.1) is 13.8 Å². The molecule has 5 rings (SSSR count). The number of aryl methyl sites for hydroxylation is 1. The number of amides is 1. The number of nitrogens with one attached hydrogen (secondary N) is 2. The highest BCUT2D eigenvalue weighted by atomic mass is 35.5. The zero-order valence-corrected chi connectivity index (χ0v) is 22.1. The van der Waals surface area contributed by atoms with Gasteiger partial charge in [0.05, 0.1) is 15.0 Å². The van der Waals surface area contributed by atoms with E-state index in [2.05, 4.69) is 34.3 Å². The van der Waals surface area contributed by atoms with Gasteiger partial charge in [0.2, 0.25) is 0 Å². The Balaban J connectivity index is 1.46. The summed E-state index contributed by atoms with van der Waals surface area (Å²) in [6.45, 7) is 4.71. The molecule has 2 heterocycles. The average Bonchev–Trinajstić information content (AvgIpc) is 3.30. The van der Waals surface area contributed by atoms with Crippen LogP contribution in [-0.2, 0) is 11.3 Å². The van der Waals surface area contributed by atoms with Crippen LogP contribution >= 0.6 is 46.6 Å². The van der Waals surface area contributed by atoms with Crippen molar-refractivity contribution < 1.29 is 4.79 Å². The van der Waals surface area contributed by atoms with E-state index < -0.39 is 0 Å². The predicted molar refractivity (Wildman–Crippen MR) is 150 cm³/mol. The molecule has 178 valence electrons. The summed E-state index contributed by atoms with van der Waals surface area (Å²) in [7, 11) is 0. The van der Waals surface area contributed by atoms with Crippen molar-refractivity contribution in [3.63, 3.8) is 0 Å². The van der Waals surface area contributed by atoms with Crippen molar-refractivity contribution in [2.24, 2.45) is 0 Å². The van der Waals surface area contributed by atoms with E-state index in [-0.39, 0.29) is 11.4 Å². The minimum atomic E-state index is -0.265. The lowest BCUT2D eigenvalue weighted by Crippen LogP contribution is -2.31. The summed E-state index contributed by atoms with van der Waals surface area (Å²) in [4.78, 5) is 13.5. The molecule has 2 N–H and O–H groups in total. The second-order valence-electron chi connectivity index (χ2n) is 8.43. The fourth-order valence-corrected chi connectivity index (χ4v) is 5.80. The quantitative estimate of drug-likeness (QED) is 0.252. The summed E-state index contributed by atoms with van der Waals surface area (Å²) >= 11 is 19.9. The molecule has 1 aliphatic heterocycles. The number of carbonyl (C=O) groups excluding carboxylic acids is 1. The molecule has 4 nitrogen and oxygen atoms in total.